The molecule has 1 aliphatic rings. The zero-order chi connectivity index (χ0) is 14.8. The quantitative estimate of drug-likeness (QED) is 0.897. The third kappa shape index (κ3) is 2.85. The molecule has 0 radical (unpaired) electrons. The molecule has 6 nitrogen and oxygen atoms in total. The molecule has 1 saturated heterocycles. The predicted octanol–water partition coefficient (Wildman–Crippen LogP) is 1.59. The molecule has 0 aliphatic carbocycles. The smallest absolute Gasteiger partial charge is 0.245 e. The number of aromatic amines is 1. The fraction of sp³-hybridized carbons (Fsp3) is 0.467. The van der Waals surface area contributed by atoms with Gasteiger partial charge in [-0.25, -0.2) is 0 Å². The zero-order valence-corrected chi connectivity index (χ0v) is 12.7. The van der Waals surface area contributed by atoms with Crippen LogP contribution in [0.2, 0.25) is 0 Å². The van der Waals surface area contributed by atoms with E-state index in [1.165, 1.54) is 0 Å². The van der Waals surface area contributed by atoms with E-state index >= 15 is 0 Å². The molecule has 1 aromatic heterocycles. The molecule has 3 rings (SSSR count). The Kier molecular flexibility index (Phi) is 3.79. The molecule has 1 fully saturated rings. The number of piperazine rings is 1. The summed E-state index contributed by atoms with van der Waals surface area (Å²) in [6.45, 7) is 7.01. The van der Waals surface area contributed by atoms with Gasteiger partial charge in [-0.1, -0.05) is 12.1 Å². The van der Waals surface area contributed by atoms with Gasteiger partial charge in [0, 0.05) is 31.2 Å². The predicted molar refractivity (Wildman–Crippen MR) is 82.8 cm³/mol. The highest BCUT2D eigenvalue weighted by molar-refractivity contribution is 5.60. The van der Waals surface area contributed by atoms with E-state index in [9.17, 15) is 0 Å². The topological polar surface area (TPSA) is 66.1 Å². The van der Waals surface area contributed by atoms with Crippen molar-refractivity contribution in [2.75, 3.05) is 31.6 Å². The van der Waals surface area contributed by atoms with E-state index < -0.39 is 0 Å². The first-order chi connectivity index (χ1) is 10.2. The minimum atomic E-state index is 0.458. The zero-order valence-electron chi connectivity index (χ0n) is 12.7. The Hall–Kier alpha value is -2.08. The van der Waals surface area contributed by atoms with Crippen LogP contribution < -0.4 is 15.0 Å². The summed E-state index contributed by atoms with van der Waals surface area (Å²) in [4.78, 5) is 6.82. The molecular formula is C15H21N5O. The molecule has 1 aromatic carbocycles. The fourth-order valence-corrected chi connectivity index (χ4v) is 2.60. The Balaban J connectivity index is 1.84. The van der Waals surface area contributed by atoms with E-state index in [1.54, 1.807) is 7.11 Å². The summed E-state index contributed by atoms with van der Waals surface area (Å²) in [6, 6.07) is 6.51. The lowest BCUT2D eigenvalue weighted by molar-refractivity contribution is 0.412. The van der Waals surface area contributed by atoms with Crippen molar-refractivity contribution in [3.8, 4) is 17.1 Å². The number of rotatable bonds is 3. The monoisotopic (exact) mass is 287 g/mol. The number of benzene rings is 1. The first kappa shape index (κ1) is 13.9. The molecule has 6 heteroatoms. The molecule has 0 amide bonds. The maximum absolute atomic E-state index is 5.36. The fourth-order valence-electron chi connectivity index (χ4n) is 2.60. The first-order valence-corrected chi connectivity index (χ1v) is 7.23. The first-order valence-electron chi connectivity index (χ1n) is 7.23. The van der Waals surface area contributed by atoms with Crippen molar-refractivity contribution in [3.63, 3.8) is 0 Å². The van der Waals surface area contributed by atoms with Gasteiger partial charge in [-0.3, -0.25) is 5.10 Å². The molecular weight excluding hydrogens is 266 g/mol. The molecule has 0 bridgehead atoms. The summed E-state index contributed by atoms with van der Waals surface area (Å²) in [5.41, 5.74) is 2.09. The number of nitrogens with one attached hydrogen (secondary N) is 2. The van der Waals surface area contributed by atoms with Crippen molar-refractivity contribution in [2.24, 2.45) is 0 Å². The summed E-state index contributed by atoms with van der Waals surface area (Å²) in [6.07, 6.45) is 0. The number of nitrogens with zero attached hydrogens (tertiary/aromatic N) is 3. The highest BCUT2D eigenvalue weighted by atomic mass is 16.5. The second kappa shape index (κ2) is 5.73. The second-order valence-electron chi connectivity index (χ2n) is 5.47. The third-order valence-electron chi connectivity index (χ3n) is 3.81. The molecule has 0 spiro atoms. The summed E-state index contributed by atoms with van der Waals surface area (Å²) >= 11 is 0. The molecule has 2 N–H and O–H groups in total. The van der Waals surface area contributed by atoms with E-state index in [1.807, 2.05) is 25.1 Å². The van der Waals surface area contributed by atoms with Crippen LogP contribution in [0.25, 0.3) is 11.4 Å². The molecule has 2 aromatic rings. The van der Waals surface area contributed by atoms with Crippen LogP contribution in [0.3, 0.4) is 0 Å². The van der Waals surface area contributed by atoms with Crippen LogP contribution in [0, 0.1) is 6.92 Å². The van der Waals surface area contributed by atoms with Gasteiger partial charge in [0.1, 0.15) is 5.75 Å². The van der Waals surface area contributed by atoms with E-state index in [2.05, 4.69) is 32.3 Å². The van der Waals surface area contributed by atoms with Crippen LogP contribution in [-0.4, -0.2) is 48.0 Å². The van der Waals surface area contributed by atoms with Crippen molar-refractivity contribution in [1.29, 1.82) is 0 Å². The lowest BCUT2D eigenvalue weighted by Gasteiger charge is -2.30. The third-order valence-corrected chi connectivity index (χ3v) is 3.81. The normalized spacial score (nSPS) is 18.8. The lowest BCUT2D eigenvalue weighted by Crippen LogP contribution is -2.49. The minimum Gasteiger partial charge on any atom is -0.496 e. The van der Waals surface area contributed by atoms with Crippen LogP contribution in [0.5, 0.6) is 5.75 Å². The number of hydrogen-bond acceptors (Lipinski definition) is 5. The number of aryl methyl sites for hydroxylation is 1. The maximum atomic E-state index is 5.36. The van der Waals surface area contributed by atoms with Crippen LogP contribution in [0.15, 0.2) is 18.2 Å². The Labute approximate surface area is 124 Å². The summed E-state index contributed by atoms with van der Waals surface area (Å²) in [5, 5.41) is 10.8. The summed E-state index contributed by atoms with van der Waals surface area (Å²) in [5.74, 6) is 2.40. The van der Waals surface area contributed by atoms with Crippen molar-refractivity contribution in [1.82, 2.24) is 20.5 Å². The van der Waals surface area contributed by atoms with Gasteiger partial charge in [-0.2, -0.15) is 4.98 Å². The Morgan fingerprint density at radius 3 is 3.00 bits per heavy atom. The summed E-state index contributed by atoms with van der Waals surface area (Å²) < 4.78 is 5.36. The number of ether oxygens (including phenoxy) is 1. The number of anilines is 1. The van der Waals surface area contributed by atoms with E-state index in [0.29, 0.717) is 6.04 Å². The molecule has 21 heavy (non-hydrogen) atoms. The molecule has 112 valence electrons. The van der Waals surface area contributed by atoms with Crippen LogP contribution >= 0.6 is 0 Å². The SMILES string of the molecule is COc1cc(-c2nc(N3CCNC(C)C3)n[nH]2)ccc1C. The van der Waals surface area contributed by atoms with E-state index in [0.717, 1.165) is 48.3 Å². The average molecular weight is 287 g/mol. The van der Waals surface area contributed by atoms with E-state index in [4.69, 9.17) is 4.74 Å². The largest absolute Gasteiger partial charge is 0.496 e. The Bertz CT molecular complexity index is 624. The lowest BCUT2D eigenvalue weighted by atomic mass is 10.1. The van der Waals surface area contributed by atoms with Crippen LogP contribution in [0.4, 0.5) is 5.95 Å². The van der Waals surface area contributed by atoms with Gasteiger partial charge < -0.3 is 15.0 Å². The van der Waals surface area contributed by atoms with Crippen molar-refractivity contribution in [2.45, 2.75) is 19.9 Å². The van der Waals surface area contributed by atoms with E-state index in [-0.39, 0.29) is 0 Å². The van der Waals surface area contributed by atoms with Gasteiger partial charge in [-0.05, 0) is 25.5 Å². The van der Waals surface area contributed by atoms with Gasteiger partial charge in [0.2, 0.25) is 5.95 Å². The minimum absolute atomic E-state index is 0.458. The van der Waals surface area contributed by atoms with Crippen LogP contribution in [-0.2, 0) is 0 Å². The van der Waals surface area contributed by atoms with Crippen molar-refractivity contribution < 1.29 is 4.74 Å². The van der Waals surface area contributed by atoms with Gasteiger partial charge >= 0.3 is 0 Å². The number of hydrogen-bond donors (Lipinski definition) is 2. The Morgan fingerprint density at radius 2 is 2.24 bits per heavy atom. The molecule has 0 saturated carbocycles. The number of aromatic nitrogens is 3. The highest BCUT2D eigenvalue weighted by Gasteiger charge is 2.19. The van der Waals surface area contributed by atoms with Crippen molar-refractivity contribution in [3.05, 3.63) is 23.8 Å². The van der Waals surface area contributed by atoms with Gasteiger partial charge in [0.25, 0.3) is 0 Å². The van der Waals surface area contributed by atoms with Crippen LogP contribution in [0.1, 0.15) is 12.5 Å². The molecule has 2 heterocycles. The number of methoxy groups -OCH3 is 1. The second-order valence-corrected chi connectivity index (χ2v) is 5.47. The van der Waals surface area contributed by atoms with Gasteiger partial charge in [-0.15, -0.1) is 5.10 Å². The Morgan fingerprint density at radius 1 is 1.38 bits per heavy atom. The number of H-pyrrole nitrogens is 1. The summed E-state index contributed by atoms with van der Waals surface area (Å²) in [7, 11) is 1.68. The maximum Gasteiger partial charge on any atom is 0.245 e. The molecule has 1 atom stereocenters. The molecule has 1 aliphatic heterocycles. The standard InChI is InChI=1S/C15H21N5O/c1-10-4-5-12(8-13(10)21-3)14-17-15(19-18-14)20-7-6-16-11(2)9-20/h4-5,8,11,16H,6-7,9H2,1-3H3,(H,17,18,19). The van der Waals surface area contributed by atoms with Gasteiger partial charge in [0.15, 0.2) is 5.82 Å². The molecule has 1 unspecified atom stereocenters. The average Bonchev–Trinajstić information content (AvgIpc) is 2.97. The highest BCUT2D eigenvalue weighted by Crippen LogP contribution is 2.25. The van der Waals surface area contributed by atoms with Gasteiger partial charge in [0.05, 0.1) is 7.11 Å². The van der Waals surface area contributed by atoms with Crippen molar-refractivity contribution >= 4 is 5.95 Å².